The Morgan fingerprint density at radius 2 is 1.67 bits per heavy atom. The monoisotopic (exact) mass is 405 g/mol. The largest absolute Gasteiger partial charge is 0.331 e. The van der Waals surface area contributed by atoms with Crippen LogP contribution < -0.4 is 5.32 Å². The lowest BCUT2D eigenvalue weighted by atomic mass is 10.1. The van der Waals surface area contributed by atoms with Crippen LogP contribution >= 0.6 is 0 Å². The topological polar surface area (TPSA) is 71.4 Å². The predicted octanol–water partition coefficient (Wildman–Crippen LogP) is 4.12. The molecule has 2 fully saturated rings. The minimum absolute atomic E-state index is 0.0156. The van der Waals surface area contributed by atoms with Crippen LogP contribution in [-0.2, 0) is 9.59 Å². The molecule has 2 aromatic rings. The summed E-state index contributed by atoms with van der Waals surface area (Å²) in [5.74, 6) is -1.12. The Morgan fingerprint density at radius 3 is 2.33 bits per heavy atom. The Labute approximate surface area is 176 Å². The van der Waals surface area contributed by atoms with Crippen LogP contribution in [0.4, 0.5) is 4.79 Å². The van der Waals surface area contributed by atoms with Gasteiger partial charge in [-0.2, -0.15) is 0 Å². The number of amides is 4. The highest BCUT2D eigenvalue weighted by Gasteiger charge is 2.40. The number of aryl methyl sites for hydroxylation is 3. The second-order valence-corrected chi connectivity index (χ2v) is 8.36. The van der Waals surface area contributed by atoms with Crippen LogP contribution in [0.3, 0.4) is 0 Å². The molecule has 1 saturated carbocycles. The Morgan fingerprint density at radius 1 is 0.967 bits per heavy atom. The van der Waals surface area contributed by atoms with Gasteiger partial charge in [-0.05, 0) is 81.5 Å². The van der Waals surface area contributed by atoms with E-state index in [-0.39, 0.29) is 11.6 Å². The van der Waals surface area contributed by atoms with E-state index in [1.165, 1.54) is 16.0 Å². The smallest absolute Gasteiger partial charge is 0.318 e. The maximum Gasteiger partial charge on any atom is 0.331 e. The van der Waals surface area contributed by atoms with Gasteiger partial charge >= 0.3 is 6.03 Å². The maximum absolute atomic E-state index is 13.1. The van der Waals surface area contributed by atoms with Crippen molar-refractivity contribution in [1.29, 1.82) is 0 Å². The molecule has 1 saturated heterocycles. The molecule has 1 N–H and O–H groups in total. The Bertz CT molecular complexity index is 1090. The standard InChI is InChI=1S/C24H27N3O3/c1-14-9-10-20(11-15(14)2)26-16(3)12-18(17(26)4)13-21-22(28)25-24(30)27(23(21)29)19-7-5-6-8-19/h9-13,19H,5-8H2,1-4H3,(H,25,28,30)/b21-13-. The van der Waals surface area contributed by atoms with Gasteiger partial charge in [-0.25, -0.2) is 4.79 Å². The summed E-state index contributed by atoms with van der Waals surface area (Å²) in [5, 5.41) is 2.35. The summed E-state index contributed by atoms with van der Waals surface area (Å²) in [7, 11) is 0. The number of rotatable bonds is 3. The van der Waals surface area contributed by atoms with Crippen molar-refractivity contribution in [2.75, 3.05) is 0 Å². The molecule has 0 unspecified atom stereocenters. The number of aromatic nitrogens is 1. The second-order valence-electron chi connectivity index (χ2n) is 8.36. The summed E-state index contributed by atoms with van der Waals surface area (Å²) in [6.45, 7) is 8.13. The van der Waals surface area contributed by atoms with E-state index in [1.54, 1.807) is 6.08 Å². The molecule has 0 atom stereocenters. The van der Waals surface area contributed by atoms with E-state index in [1.807, 2.05) is 19.9 Å². The molecule has 4 amide bonds. The van der Waals surface area contributed by atoms with Gasteiger partial charge in [0.15, 0.2) is 0 Å². The zero-order chi connectivity index (χ0) is 21.6. The van der Waals surface area contributed by atoms with E-state index in [0.29, 0.717) is 0 Å². The fraction of sp³-hybridized carbons (Fsp3) is 0.375. The number of carbonyl (C=O) groups is 3. The van der Waals surface area contributed by atoms with Gasteiger partial charge in [0, 0.05) is 23.1 Å². The summed E-state index contributed by atoms with van der Waals surface area (Å²) < 4.78 is 2.12. The van der Waals surface area contributed by atoms with Gasteiger partial charge in [0.25, 0.3) is 11.8 Å². The van der Waals surface area contributed by atoms with Crippen molar-refractivity contribution in [2.45, 2.75) is 59.4 Å². The summed E-state index contributed by atoms with van der Waals surface area (Å²) in [6, 6.07) is 7.52. The average Bonchev–Trinajstić information content (AvgIpc) is 3.29. The molecule has 6 heteroatoms. The average molecular weight is 405 g/mol. The molecule has 1 aromatic heterocycles. The highest BCUT2D eigenvalue weighted by molar-refractivity contribution is 6.31. The lowest BCUT2D eigenvalue weighted by molar-refractivity contribution is -0.131. The Kier molecular flexibility index (Phi) is 5.10. The molecular weight excluding hydrogens is 378 g/mol. The molecule has 6 nitrogen and oxygen atoms in total. The van der Waals surface area contributed by atoms with Crippen molar-refractivity contribution in [3.63, 3.8) is 0 Å². The van der Waals surface area contributed by atoms with Gasteiger partial charge in [-0.3, -0.25) is 19.8 Å². The Hall–Kier alpha value is -3.15. The predicted molar refractivity (Wildman–Crippen MR) is 115 cm³/mol. The van der Waals surface area contributed by atoms with E-state index in [0.717, 1.165) is 48.3 Å². The van der Waals surface area contributed by atoms with Gasteiger partial charge < -0.3 is 4.57 Å². The number of nitrogens with zero attached hydrogens (tertiary/aromatic N) is 2. The highest BCUT2D eigenvalue weighted by atomic mass is 16.2. The van der Waals surface area contributed by atoms with Crippen LogP contribution in [0.2, 0.25) is 0 Å². The first-order valence-electron chi connectivity index (χ1n) is 10.4. The number of hydrogen-bond acceptors (Lipinski definition) is 3. The summed E-state index contributed by atoms with van der Waals surface area (Å²) in [6.07, 6.45) is 5.19. The summed E-state index contributed by atoms with van der Waals surface area (Å²) in [4.78, 5) is 39.1. The highest BCUT2D eigenvalue weighted by Crippen LogP contribution is 2.29. The van der Waals surface area contributed by atoms with Crippen LogP contribution in [0.25, 0.3) is 11.8 Å². The van der Waals surface area contributed by atoms with E-state index in [4.69, 9.17) is 0 Å². The van der Waals surface area contributed by atoms with Crippen LogP contribution in [0.15, 0.2) is 29.8 Å². The second kappa shape index (κ2) is 7.59. The van der Waals surface area contributed by atoms with Crippen molar-refractivity contribution >= 4 is 23.9 Å². The minimum Gasteiger partial charge on any atom is -0.318 e. The molecule has 0 spiro atoms. The van der Waals surface area contributed by atoms with Crippen molar-refractivity contribution in [3.8, 4) is 5.69 Å². The number of benzene rings is 1. The fourth-order valence-corrected chi connectivity index (χ4v) is 4.52. The molecule has 156 valence electrons. The van der Waals surface area contributed by atoms with Gasteiger partial charge in [0.1, 0.15) is 5.57 Å². The first-order chi connectivity index (χ1) is 14.3. The fourth-order valence-electron chi connectivity index (χ4n) is 4.52. The number of hydrogen-bond donors (Lipinski definition) is 1. The van der Waals surface area contributed by atoms with E-state index < -0.39 is 17.8 Å². The lowest BCUT2D eigenvalue weighted by Gasteiger charge is -2.31. The SMILES string of the molecule is Cc1ccc(-n2c(C)cc(/C=C3/C(=O)NC(=O)N(C4CCCC4)C3=O)c2C)cc1C. The zero-order valence-corrected chi connectivity index (χ0v) is 17.9. The summed E-state index contributed by atoms with van der Waals surface area (Å²) in [5.41, 5.74) is 6.23. The molecule has 0 radical (unpaired) electrons. The molecule has 1 aromatic carbocycles. The van der Waals surface area contributed by atoms with Crippen molar-refractivity contribution in [2.24, 2.45) is 0 Å². The quantitative estimate of drug-likeness (QED) is 0.617. The molecule has 30 heavy (non-hydrogen) atoms. The first-order valence-corrected chi connectivity index (χ1v) is 10.4. The molecule has 2 aliphatic rings. The number of urea groups is 1. The minimum atomic E-state index is -0.629. The molecular formula is C24H27N3O3. The third-order valence-corrected chi connectivity index (χ3v) is 6.34. The number of nitrogens with one attached hydrogen (secondary N) is 1. The molecule has 1 aliphatic carbocycles. The number of barbiturate groups is 1. The zero-order valence-electron chi connectivity index (χ0n) is 17.9. The van der Waals surface area contributed by atoms with E-state index >= 15 is 0 Å². The Balaban J connectivity index is 1.73. The van der Waals surface area contributed by atoms with Gasteiger partial charge in [0.05, 0.1) is 0 Å². The summed E-state index contributed by atoms with van der Waals surface area (Å²) >= 11 is 0. The normalized spacial score (nSPS) is 19.1. The maximum atomic E-state index is 13.1. The van der Waals surface area contributed by atoms with Crippen LogP contribution in [0.1, 0.15) is 53.8 Å². The third kappa shape index (κ3) is 3.36. The van der Waals surface area contributed by atoms with E-state index in [9.17, 15) is 14.4 Å². The van der Waals surface area contributed by atoms with Crippen molar-refractivity contribution in [3.05, 3.63) is 57.9 Å². The van der Waals surface area contributed by atoms with Gasteiger partial charge in [-0.1, -0.05) is 18.9 Å². The lowest BCUT2D eigenvalue weighted by Crippen LogP contribution is -2.57. The van der Waals surface area contributed by atoms with Gasteiger partial charge in [0.2, 0.25) is 0 Å². The molecule has 1 aliphatic heterocycles. The molecule has 0 bridgehead atoms. The van der Waals surface area contributed by atoms with Crippen LogP contribution in [-0.4, -0.2) is 33.4 Å². The third-order valence-electron chi connectivity index (χ3n) is 6.34. The van der Waals surface area contributed by atoms with Crippen LogP contribution in [0, 0.1) is 27.7 Å². The number of imide groups is 2. The number of carbonyl (C=O) groups excluding carboxylic acids is 3. The van der Waals surface area contributed by atoms with Crippen molar-refractivity contribution in [1.82, 2.24) is 14.8 Å². The first kappa shape index (κ1) is 20.1. The molecule has 4 rings (SSSR count). The van der Waals surface area contributed by atoms with E-state index in [2.05, 4.69) is 41.9 Å². The van der Waals surface area contributed by atoms with Crippen LogP contribution in [0.5, 0.6) is 0 Å². The van der Waals surface area contributed by atoms with Gasteiger partial charge in [-0.15, -0.1) is 0 Å². The molecule has 2 heterocycles. The van der Waals surface area contributed by atoms with Crippen molar-refractivity contribution < 1.29 is 14.4 Å².